The van der Waals surface area contributed by atoms with E-state index in [9.17, 15) is 14.7 Å². The lowest BCUT2D eigenvalue weighted by molar-refractivity contribution is 0.158. The summed E-state index contributed by atoms with van der Waals surface area (Å²) in [6.45, 7) is 1.44. The number of aliphatic hydroxyl groups is 1. The van der Waals surface area contributed by atoms with Gasteiger partial charge in [0.1, 0.15) is 18.4 Å². The number of rotatable bonds is 12. The molecule has 0 aliphatic heterocycles. The van der Waals surface area contributed by atoms with Gasteiger partial charge in [-0.1, -0.05) is 0 Å². The van der Waals surface area contributed by atoms with E-state index < -0.39 is 23.6 Å². The first-order chi connectivity index (χ1) is 19.9. The summed E-state index contributed by atoms with van der Waals surface area (Å²) in [5.41, 5.74) is 0.415. The number of benzene rings is 2. The topological polar surface area (TPSA) is 178 Å². The monoisotopic (exact) mass is 566 g/mol. The fourth-order valence-electron chi connectivity index (χ4n) is 3.62. The number of ether oxygens (including phenoxy) is 3. The number of hydrogen-bond acceptors (Lipinski definition) is 11. The lowest BCUT2D eigenvalue weighted by Gasteiger charge is -2.21. The molecule has 4 N–H and O–H groups in total. The summed E-state index contributed by atoms with van der Waals surface area (Å²) in [5, 5.41) is 19.0. The van der Waals surface area contributed by atoms with Crippen LogP contribution >= 0.6 is 0 Å². The molecule has 0 aliphatic rings. The van der Waals surface area contributed by atoms with Gasteiger partial charge < -0.3 is 24.6 Å². The van der Waals surface area contributed by atoms with Gasteiger partial charge >= 0.3 is 11.8 Å². The van der Waals surface area contributed by atoms with Gasteiger partial charge in [-0.05, 0) is 43.3 Å². The molecule has 14 nitrogen and oxygen atoms in total. The highest BCUT2D eigenvalue weighted by Crippen LogP contribution is 2.35. The number of alkyl carbamates (subject to hydrolysis) is 1. The quantitative estimate of drug-likeness (QED) is 0.147. The average molecular weight is 567 g/mol. The molecule has 0 saturated heterocycles. The van der Waals surface area contributed by atoms with Crippen LogP contribution in [0.15, 0.2) is 64.6 Å². The minimum Gasteiger partial charge on any atom is -0.497 e. The Morgan fingerprint density at radius 2 is 2.00 bits per heavy atom. The van der Waals surface area contributed by atoms with E-state index in [1.54, 1.807) is 37.3 Å². The molecule has 1 unspecified atom stereocenters. The maximum Gasteiger partial charge on any atom is 0.412 e. The summed E-state index contributed by atoms with van der Waals surface area (Å²) < 4.78 is 32.2. The number of carbonyl (C=O) groups excluding carboxylic acids is 1. The number of carbonyl (C=O) groups is 1. The van der Waals surface area contributed by atoms with E-state index in [0.29, 0.717) is 11.4 Å². The molecule has 2 aromatic heterocycles. The first-order valence-electron chi connectivity index (χ1n) is 12.3. The largest absolute Gasteiger partial charge is 0.497 e. The zero-order chi connectivity index (χ0) is 29.2. The number of nitrogens with zero attached hydrogens (tertiary/aromatic N) is 5. The van der Waals surface area contributed by atoms with E-state index in [0.717, 1.165) is 4.68 Å². The van der Waals surface area contributed by atoms with E-state index in [1.165, 1.54) is 38.0 Å². The van der Waals surface area contributed by atoms with Crippen LogP contribution in [0.25, 0.3) is 5.95 Å². The molecule has 0 radical (unpaired) electrons. The summed E-state index contributed by atoms with van der Waals surface area (Å²) in [6.07, 6.45) is 3.48. The standard InChI is InChI=1S/C26H27FN8O6/c1-3-40-26(38)31-15-30-16-5-7-17(8-6-16)32-22(19-13-18(39-2)14-20(21(19)27)41-12-11-36)23-33-25(37)35(34-23)24-28-9-4-10-29-24/h4-10,13-15,22,32,36H,3,11-12H2,1-2H3,(H,30,31,38)(H,33,34,37). The molecule has 0 saturated carbocycles. The van der Waals surface area contributed by atoms with Gasteiger partial charge in [0.15, 0.2) is 17.4 Å². The van der Waals surface area contributed by atoms with Crippen LogP contribution in [0, 0.1) is 5.82 Å². The maximum absolute atomic E-state index is 15.8. The molecule has 15 heteroatoms. The van der Waals surface area contributed by atoms with Gasteiger partial charge in [0, 0.05) is 29.7 Å². The van der Waals surface area contributed by atoms with Crippen molar-refractivity contribution in [1.82, 2.24) is 30.0 Å². The highest BCUT2D eigenvalue weighted by atomic mass is 19.1. The Balaban J connectivity index is 1.71. The van der Waals surface area contributed by atoms with Crippen molar-refractivity contribution in [3.05, 3.63) is 82.5 Å². The number of anilines is 1. The second-order valence-electron chi connectivity index (χ2n) is 8.12. The number of hydrogen-bond donors (Lipinski definition) is 4. The first-order valence-corrected chi connectivity index (χ1v) is 12.3. The van der Waals surface area contributed by atoms with Crippen LogP contribution in [-0.4, -0.2) is 69.2 Å². The number of H-pyrrole nitrogens is 1. The number of aliphatic imine (C=N–C) groups is 1. The molecule has 0 spiro atoms. The lowest BCUT2D eigenvalue weighted by Crippen LogP contribution is -2.22. The molecule has 4 aromatic rings. The number of aromatic amines is 1. The minimum atomic E-state index is -1.06. The third-order valence-corrected chi connectivity index (χ3v) is 5.44. The number of amides is 1. The molecule has 1 amide bonds. The Morgan fingerprint density at radius 1 is 1.24 bits per heavy atom. The van der Waals surface area contributed by atoms with Crippen LogP contribution in [0.2, 0.25) is 0 Å². The van der Waals surface area contributed by atoms with Crippen LogP contribution in [0.4, 0.5) is 20.6 Å². The molecule has 0 fully saturated rings. The van der Waals surface area contributed by atoms with Crippen LogP contribution in [0.1, 0.15) is 24.4 Å². The fourth-order valence-corrected chi connectivity index (χ4v) is 3.62. The third-order valence-electron chi connectivity index (χ3n) is 5.44. The normalized spacial score (nSPS) is 11.7. The predicted octanol–water partition coefficient (Wildman–Crippen LogP) is 2.48. The molecule has 1 atom stereocenters. The number of nitrogens with one attached hydrogen (secondary N) is 3. The number of aliphatic hydroxyl groups excluding tert-OH is 1. The van der Waals surface area contributed by atoms with Crippen molar-refractivity contribution in [2.75, 3.05) is 32.2 Å². The maximum atomic E-state index is 15.8. The van der Waals surface area contributed by atoms with Gasteiger partial charge in [-0.2, -0.15) is 0 Å². The zero-order valence-corrected chi connectivity index (χ0v) is 22.1. The molecular formula is C26H27FN8O6. The highest BCUT2D eigenvalue weighted by Gasteiger charge is 2.27. The number of methoxy groups -OCH3 is 1. The molecule has 0 aliphatic carbocycles. The molecular weight excluding hydrogens is 539 g/mol. The van der Waals surface area contributed by atoms with E-state index >= 15 is 4.39 Å². The Hall–Kier alpha value is -5.31. The molecule has 2 aromatic carbocycles. The second kappa shape index (κ2) is 13.7. The van der Waals surface area contributed by atoms with Crippen molar-refractivity contribution in [2.45, 2.75) is 13.0 Å². The van der Waals surface area contributed by atoms with Gasteiger partial charge in [-0.15, -0.1) is 9.78 Å². The van der Waals surface area contributed by atoms with Crippen molar-refractivity contribution < 1.29 is 28.5 Å². The van der Waals surface area contributed by atoms with Gasteiger partial charge in [-0.3, -0.25) is 10.3 Å². The van der Waals surface area contributed by atoms with E-state index in [-0.39, 0.29) is 48.7 Å². The SMILES string of the molecule is CCOC(=O)N/C=N/c1ccc(NC(c2nn(-c3ncccn3)c(=O)[nH]2)c2cc(OC)cc(OCCO)c2F)cc1. The third kappa shape index (κ3) is 7.21. The van der Waals surface area contributed by atoms with Crippen LogP contribution < -0.4 is 25.8 Å². The second-order valence-corrected chi connectivity index (χ2v) is 8.12. The minimum absolute atomic E-state index is 0.0236. The van der Waals surface area contributed by atoms with Gasteiger partial charge in [0.05, 0.1) is 32.3 Å². The predicted molar refractivity (Wildman–Crippen MR) is 146 cm³/mol. The van der Waals surface area contributed by atoms with E-state index in [1.807, 2.05) is 0 Å². The van der Waals surface area contributed by atoms with E-state index in [2.05, 4.69) is 35.7 Å². The fraction of sp³-hybridized carbons (Fsp3) is 0.231. The lowest BCUT2D eigenvalue weighted by atomic mass is 10.0. The molecule has 2 heterocycles. The summed E-state index contributed by atoms with van der Waals surface area (Å²) >= 11 is 0. The summed E-state index contributed by atoms with van der Waals surface area (Å²) in [6, 6.07) is 9.96. The Morgan fingerprint density at radius 3 is 2.68 bits per heavy atom. The van der Waals surface area contributed by atoms with Crippen molar-refractivity contribution in [3.63, 3.8) is 0 Å². The summed E-state index contributed by atoms with van der Waals surface area (Å²) in [7, 11) is 1.41. The smallest absolute Gasteiger partial charge is 0.412 e. The van der Waals surface area contributed by atoms with Crippen molar-refractivity contribution in [3.8, 4) is 17.4 Å². The Bertz CT molecular complexity index is 1540. The van der Waals surface area contributed by atoms with Crippen molar-refractivity contribution in [2.24, 2.45) is 4.99 Å². The first kappa shape index (κ1) is 28.7. The Labute approximate surface area is 232 Å². The Kier molecular flexibility index (Phi) is 9.56. The van der Waals surface area contributed by atoms with Crippen LogP contribution in [-0.2, 0) is 4.74 Å². The molecule has 4 rings (SSSR count). The van der Waals surface area contributed by atoms with Crippen LogP contribution in [0.3, 0.4) is 0 Å². The van der Waals surface area contributed by atoms with Crippen molar-refractivity contribution in [1.29, 1.82) is 0 Å². The zero-order valence-electron chi connectivity index (χ0n) is 22.1. The van der Waals surface area contributed by atoms with Gasteiger partial charge in [0.25, 0.3) is 5.95 Å². The highest BCUT2D eigenvalue weighted by molar-refractivity contribution is 5.83. The molecule has 41 heavy (non-hydrogen) atoms. The van der Waals surface area contributed by atoms with Crippen LogP contribution in [0.5, 0.6) is 11.5 Å². The molecule has 214 valence electrons. The van der Waals surface area contributed by atoms with Gasteiger partial charge in [0.2, 0.25) is 0 Å². The van der Waals surface area contributed by atoms with Gasteiger partial charge in [-0.25, -0.2) is 28.9 Å². The molecule has 0 bridgehead atoms. The summed E-state index contributed by atoms with van der Waals surface area (Å²) in [5.74, 6) is -0.575. The average Bonchev–Trinajstić information content (AvgIpc) is 3.38. The number of aromatic nitrogens is 5. The summed E-state index contributed by atoms with van der Waals surface area (Å²) in [4.78, 5) is 39.1. The van der Waals surface area contributed by atoms with E-state index in [4.69, 9.17) is 14.2 Å². The number of halogens is 1. The van der Waals surface area contributed by atoms with Crippen molar-refractivity contribution >= 4 is 23.8 Å².